The van der Waals surface area contributed by atoms with Crippen LogP contribution >= 0.6 is 0 Å². The van der Waals surface area contributed by atoms with E-state index < -0.39 is 15.7 Å². The third kappa shape index (κ3) is 3.38. The average Bonchev–Trinajstić information content (AvgIpc) is 3.35. The molecule has 28 heavy (non-hydrogen) atoms. The zero-order chi connectivity index (χ0) is 19.7. The molecular formula is C18H17FN6O2S. The van der Waals surface area contributed by atoms with Crippen LogP contribution in [0.15, 0.2) is 47.9 Å². The van der Waals surface area contributed by atoms with E-state index in [0.29, 0.717) is 34.5 Å². The van der Waals surface area contributed by atoms with Gasteiger partial charge >= 0.3 is 0 Å². The number of H-pyrrole nitrogens is 1. The third-order valence-electron chi connectivity index (χ3n) is 4.32. The lowest BCUT2D eigenvalue weighted by Crippen LogP contribution is -2.07. The van der Waals surface area contributed by atoms with Crippen LogP contribution in [0, 0.1) is 5.82 Å². The van der Waals surface area contributed by atoms with Crippen molar-refractivity contribution in [3.8, 4) is 17.1 Å². The quantitative estimate of drug-likeness (QED) is 0.533. The lowest BCUT2D eigenvalue weighted by molar-refractivity contribution is 0.592. The zero-order valence-corrected chi connectivity index (χ0v) is 15.8. The van der Waals surface area contributed by atoms with Gasteiger partial charge in [-0.25, -0.2) is 27.5 Å². The van der Waals surface area contributed by atoms with E-state index in [1.54, 1.807) is 12.1 Å². The van der Waals surface area contributed by atoms with E-state index in [2.05, 4.69) is 25.3 Å². The van der Waals surface area contributed by atoms with E-state index in [4.69, 9.17) is 0 Å². The summed E-state index contributed by atoms with van der Waals surface area (Å²) in [6.45, 7) is 1.94. The minimum Gasteiger partial charge on any atom is -0.259 e. The zero-order valence-electron chi connectivity index (χ0n) is 15.0. The molecule has 4 rings (SSSR count). The van der Waals surface area contributed by atoms with Crippen molar-refractivity contribution < 1.29 is 12.8 Å². The number of aromatic nitrogens is 6. The van der Waals surface area contributed by atoms with E-state index in [0.717, 1.165) is 6.42 Å². The predicted octanol–water partition coefficient (Wildman–Crippen LogP) is 2.92. The Hall–Kier alpha value is -3.14. The summed E-state index contributed by atoms with van der Waals surface area (Å²) in [5.41, 5.74) is 1.38. The highest BCUT2D eigenvalue weighted by Gasteiger charge is 2.17. The smallest absolute Gasteiger partial charge is 0.179 e. The van der Waals surface area contributed by atoms with Gasteiger partial charge in [0.15, 0.2) is 21.3 Å². The van der Waals surface area contributed by atoms with Gasteiger partial charge < -0.3 is 0 Å². The first-order chi connectivity index (χ1) is 13.5. The van der Waals surface area contributed by atoms with Crippen molar-refractivity contribution in [3.63, 3.8) is 0 Å². The summed E-state index contributed by atoms with van der Waals surface area (Å²) in [5, 5.41) is 11.3. The van der Waals surface area contributed by atoms with Gasteiger partial charge in [0.25, 0.3) is 0 Å². The van der Waals surface area contributed by atoms with Crippen LogP contribution in [0.2, 0.25) is 0 Å². The van der Waals surface area contributed by atoms with Gasteiger partial charge in [0, 0.05) is 17.1 Å². The van der Waals surface area contributed by atoms with E-state index in [1.165, 1.54) is 35.5 Å². The van der Waals surface area contributed by atoms with E-state index >= 15 is 0 Å². The average molecular weight is 400 g/mol. The molecule has 0 radical (unpaired) electrons. The van der Waals surface area contributed by atoms with Crippen LogP contribution in [0.5, 0.6) is 0 Å². The van der Waals surface area contributed by atoms with Crippen LogP contribution in [0.25, 0.3) is 28.1 Å². The summed E-state index contributed by atoms with van der Waals surface area (Å²) in [7, 11) is -3.39. The topological polar surface area (TPSA) is 106 Å². The van der Waals surface area contributed by atoms with Gasteiger partial charge in [-0.1, -0.05) is 13.3 Å². The van der Waals surface area contributed by atoms with E-state index in [9.17, 15) is 12.8 Å². The summed E-state index contributed by atoms with van der Waals surface area (Å²) in [6, 6.07) is 5.90. The normalized spacial score (nSPS) is 11.9. The molecule has 0 aliphatic heterocycles. The second-order valence-corrected chi connectivity index (χ2v) is 8.45. The Kier molecular flexibility index (Phi) is 4.63. The second-order valence-electron chi connectivity index (χ2n) is 6.34. The number of halogens is 1. The van der Waals surface area contributed by atoms with Gasteiger partial charge in [-0.15, -0.1) is 0 Å². The number of aromatic amines is 1. The minimum absolute atomic E-state index is 0.0786. The molecule has 0 aliphatic carbocycles. The third-order valence-corrected chi connectivity index (χ3v) is 6.09. The van der Waals surface area contributed by atoms with Crippen LogP contribution in [0.1, 0.15) is 19.8 Å². The fourth-order valence-corrected chi connectivity index (χ4v) is 4.31. The molecule has 0 atom stereocenters. The highest BCUT2D eigenvalue weighted by Crippen LogP contribution is 2.24. The molecule has 10 heteroatoms. The lowest BCUT2D eigenvalue weighted by Gasteiger charge is -2.07. The van der Waals surface area contributed by atoms with Gasteiger partial charge in [-0.2, -0.15) is 10.2 Å². The van der Waals surface area contributed by atoms with E-state index in [-0.39, 0.29) is 10.6 Å². The number of pyridine rings is 1. The standard InChI is InChI=1S/C18H17FN6O2S/c1-2-3-4-28(26,27)16-7-13-9-23-25(18(13)20-10-16)15-6-12(5-14(19)8-15)17-21-11-22-24-17/h5-11H,2-4H2,1H3,(H,21,22,24). The Labute approximate surface area is 160 Å². The number of rotatable bonds is 6. The van der Waals surface area contributed by atoms with Crippen molar-refractivity contribution in [1.82, 2.24) is 29.9 Å². The summed E-state index contributed by atoms with van der Waals surface area (Å²) in [5.74, 6) is 0.0377. The Morgan fingerprint density at radius 3 is 2.75 bits per heavy atom. The molecule has 0 aliphatic rings. The highest BCUT2D eigenvalue weighted by molar-refractivity contribution is 7.91. The van der Waals surface area contributed by atoms with Gasteiger partial charge in [-0.05, 0) is 30.7 Å². The Balaban J connectivity index is 1.77. The molecule has 3 aromatic heterocycles. The molecule has 4 aromatic rings. The van der Waals surface area contributed by atoms with Crippen molar-refractivity contribution >= 4 is 20.9 Å². The largest absolute Gasteiger partial charge is 0.259 e. The molecule has 3 heterocycles. The van der Waals surface area contributed by atoms with Crippen molar-refractivity contribution in [1.29, 1.82) is 0 Å². The molecule has 0 fully saturated rings. The number of hydrogen-bond donors (Lipinski definition) is 1. The fourth-order valence-electron chi connectivity index (χ4n) is 2.89. The Morgan fingerprint density at radius 2 is 2.00 bits per heavy atom. The van der Waals surface area contributed by atoms with Crippen LogP contribution in [-0.4, -0.2) is 44.1 Å². The van der Waals surface area contributed by atoms with Crippen molar-refractivity contribution in [2.24, 2.45) is 0 Å². The molecule has 0 saturated carbocycles. The number of benzene rings is 1. The predicted molar refractivity (Wildman–Crippen MR) is 101 cm³/mol. The molecule has 0 unspecified atom stereocenters. The number of unbranched alkanes of at least 4 members (excludes halogenated alkanes) is 1. The molecule has 8 nitrogen and oxygen atoms in total. The summed E-state index contributed by atoms with van der Waals surface area (Å²) < 4.78 is 40.4. The van der Waals surface area contributed by atoms with Crippen LogP contribution in [-0.2, 0) is 9.84 Å². The number of nitrogens with one attached hydrogen (secondary N) is 1. The molecule has 1 N–H and O–H groups in total. The molecule has 0 spiro atoms. The molecule has 1 aromatic carbocycles. The summed E-state index contributed by atoms with van der Waals surface area (Å²) in [6.07, 6.45) is 5.56. The van der Waals surface area contributed by atoms with Crippen molar-refractivity contribution in [2.75, 3.05) is 5.75 Å². The first kappa shape index (κ1) is 18.2. The molecule has 0 amide bonds. The van der Waals surface area contributed by atoms with Gasteiger partial charge in [-0.3, -0.25) is 5.10 Å². The second kappa shape index (κ2) is 7.12. The van der Waals surface area contributed by atoms with Crippen molar-refractivity contribution in [2.45, 2.75) is 24.7 Å². The maximum atomic E-state index is 14.1. The molecule has 0 bridgehead atoms. The van der Waals surface area contributed by atoms with Crippen LogP contribution < -0.4 is 0 Å². The first-order valence-corrected chi connectivity index (χ1v) is 10.4. The maximum Gasteiger partial charge on any atom is 0.179 e. The minimum atomic E-state index is -3.39. The number of hydrogen-bond acceptors (Lipinski definition) is 6. The highest BCUT2D eigenvalue weighted by atomic mass is 32.2. The molecule has 0 saturated heterocycles. The molecule has 144 valence electrons. The van der Waals surface area contributed by atoms with Gasteiger partial charge in [0.1, 0.15) is 12.1 Å². The molecular weight excluding hydrogens is 383 g/mol. The number of sulfone groups is 1. The van der Waals surface area contributed by atoms with Gasteiger partial charge in [0.05, 0.1) is 22.5 Å². The monoisotopic (exact) mass is 400 g/mol. The number of fused-ring (bicyclic) bond motifs is 1. The maximum absolute atomic E-state index is 14.1. The van der Waals surface area contributed by atoms with E-state index in [1.807, 2.05) is 6.92 Å². The van der Waals surface area contributed by atoms with Crippen LogP contribution in [0.4, 0.5) is 4.39 Å². The lowest BCUT2D eigenvalue weighted by atomic mass is 10.2. The number of nitrogens with zero attached hydrogens (tertiary/aromatic N) is 5. The Morgan fingerprint density at radius 1 is 1.14 bits per heavy atom. The van der Waals surface area contributed by atoms with Crippen LogP contribution in [0.3, 0.4) is 0 Å². The first-order valence-electron chi connectivity index (χ1n) is 8.71. The fraction of sp³-hybridized carbons (Fsp3) is 0.222. The van der Waals surface area contributed by atoms with Gasteiger partial charge in [0.2, 0.25) is 0 Å². The van der Waals surface area contributed by atoms with Crippen molar-refractivity contribution in [3.05, 3.63) is 48.8 Å². The SMILES string of the molecule is CCCCS(=O)(=O)c1cnc2c(cnn2-c2cc(F)cc(-c3ncn[nH]3)c2)c1. The summed E-state index contributed by atoms with van der Waals surface area (Å²) in [4.78, 5) is 8.47. The Bertz CT molecular complexity index is 1230. The summed E-state index contributed by atoms with van der Waals surface area (Å²) >= 11 is 0.